The Kier molecular flexibility index (Phi) is 6.32. The Morgan fingerprint density at radius 3 is 2.37 bits per heavy atom. The fraction of sp³-hybridized carbons (Fsp3) is 0.533. The van der Waals surface area contributed by atoms with Crippen LogP contribution in [0, 0.1) is 0 Å². The lowest BCUT2D eigenvalue weighted by molar-refractivity contribution is -0.119. The van der Waals surface area contributed by atoms with Crippen molar-refractivity contribution in [2.24, 2.45) is 0 Å². The normalized spacial score (nSPS) is 16.7. The predicted octanol–water partition coefficient (Wildman–Crippen LogP) is 2.95. The number of benzene rings is 1. The molecule has 1 aliphatic heterocycles. The molecule has 2 rings (SSSR count). The lowest BCUT2D eigenvalue weighted by Crippen LogP contribution is -2.46. The molecular formula is C15H23ClN2O. The van der Waals surface area contributed by atoms with Crippen molar-refractivity contribution in [2.75, 3.05) is 25.0 Å². The maximum Gasteiger partial charge on any atom is 0.226 e. The van der Waals surface area contributed by atoms with Crippen molar-refractivity contribution in [3.8, 4) is 0 Å². The van der Waals surface area contributed by atoms with Gasteiger partial charge in [-0.2, -0.15) is 0 Å². The third-order valence-corrected chi connectivity index (χ3v) is 3.66. The molecule has 0 atom stereocenters. The van der Waals surface area contributed by atoms with E-state index in [2.05, 4.69) is 11.9 Å². The molecule has 4 heteroatoms. The second-order valence-electron chi connectivity index (χ2n) is 4.99. The van der Waals surface area contributed by atoms with Crippen LogP contribution in [-0.2, 0) is 4.79 Å². The SMILES string of the molecule is CCC(=O)N(c1ccccc1)C1CCN(C)CC1.Cl. The maximum atomic E-state index is 12.2. The zero-order chi connectivity index (χ0) is 13.0. The van der Waals surface area contributed by atoms with Crippen LogP contribution < -0.4 is 4.90 Å². The molecule has 1 fully saturated rings. The standard InChI is InChI=1S/C15H22N2O.ClH/c1-3-15(18)17(13-7-5-4-6-8-13)14-9-11-16(2)12-10-14;/h4-8,14H,3,9-12H2,1-2H3;1H. The molecule has 0 aromatic heterocycles. The van der Waals surface area contributed by atoms with Gasteiger partial charge in [-0.15, -0.1) is 12.4 Å². The summed E-state index contributed by atoms with van der Waals surface area (Å²) in [5.41, 5.74) is 1.04. The van der Waals surface area contributed by atoms with Crippen LogP contribution in [0.15, 0.2) is 30.3 Å². The summed E-state index contributed by atoms with van der Waals surface area (Å²) in [6.07, 6.45) is 2.70. The van der Waals surface area contributed by atoms with Gasteiger partial charge in [0.05, 0.1) is 0 Å². The molecule has 106 valence electrons. The van der Waals surface area contributed by atoms with E-state index in [4.69, 9.17) is 0 Å². The number of halogens is 1. The zero-order valence-electron chi connectivity index (χ0n) is 11.7. The number of hydrogen-bond acceptors (Lipinski definition) is 2. The summed E-state index contributed by atoms with van der Waals surface area (Å²) < 4.78 is 0. The summed E-state index contributed by atoms with van der Waals surface area (Å²) in [7, 11) is 2.14. The van der Waals surface area contributed by atoms with E-state index in [0.29, 0.717) is 12.5 Å². The molecule has 19 heavy (non-hydrogen) atoms. The molecule has 1 saturated heterocycles. The number of para-hydroxylation sites is 1. The monoisotopic (exact) mass is 282 g/mol. The van der Waals surface area contributed by atoms with E-state index in [0.717, 1.165) is 31.6 Å². The van der Waals surface area contributed by atoms with Crippen molar-refractivity contribution in [3.05, 3.63) is 30.3 Å². The lowest BCUT2D eigenvalue weighted by atomic mass is 10.0. The van der Waals surface area contributed by atoms with Crippen LogP contribution in [0.5, 0.6) is 0 Å². The molecule has 3 nitrogen and oxygen atoms in total. The first-order valence-electron chi connectivity index (χ1n) is 6.78. The summed E-state index contributed by atoms with van der Waals surface area (Å²) in [5.74, 6) is 0.232. The molecule has 0 radical (unpaired) electrons. The molecule has 0 spiro atoms. The van der Waals surface area contributed by atoms with Gasteiger partial charge in [-0.05, 0) is 45.1 Å². The van der Waals surface area contributed by atoms with Crippen LogP contribution in [-0.4, -0.2) is 37.0 Å². The number of carbonyl (C=O) groups is 1. The fourth-order valence-corrected chi connectivity index (χ4v) is 2.57. The van der Waals surface area contributed by atoms with Crippen LogP contribution in [0.1, 0.15) is 26.2 Å². The van der Waals surface area contributed by atoms with Gasteiger partial charge in [-0.25, -0.2) is 0 Å². The second kappa shape index (κ2) is 7.51. The zero-order valence-corrected chi connectivity index (χ0v) is 12.5. The van der Waals surface area contributed by atoms with Crippen LogP contribution >= 0.6 is 12.4 Å². The van der Waals surface area contributed by atoms with E-state index in [1.165, 1.54) is 0 Å². The number of piperidine rings is 1. The highest BCUT2D eigenvalue weighted by Crippen LogP contribution is 2.23. The molecule has 0 aliphatic carbocycles. The lowest BCUT2D eigenvalue weighted by Gasteiger charge is -2.37. The minimum absolute atomic E-state index is 0. The smallest absolute Gasteiger partial charge is 0.226 e. The van der Waals surface area contributed by atoms with E-state index >= 15 is 0 Å². The van der Waals surface area contributed by atoms with Gasteiger partial charge in [0.15, 0.2) is 0 Å². The molecule has 0 saturated carbocycles. The van der Waals surface area contributed by atoms with Gasteiger partial charge in [-0.1, -0.05) is 25.1 Å². The van der Waals surface area contributed by atoms with Crippen molar-refractivity contribution in [1.29, 1.82) is 0 Å². The molecule has 1 aliphatic rings. The predicted molar refractivity (Wildman–Crippen MR) is 82.0 cm³/mol. The van der Waals surface area contributed by atoms with Crippen molar-refractivity contribution >= 4 is 24.0 Å². The largest absolute Gasteiger partial charge is 0.309 e. The Morgan fingerprint density at radius 2 is 1.84 bits per heavy atom. The van der Waals surface area contributed by atoms with E-state index in [1.807, 2.05) is 42.2 Å². The highest BCUT2D eigenvalue weighted by atomic mass is 35.5. The van der Waals surface area contributed by atoms with Gasteiger partial charge in [0.25, 0.3) is 0 Å². The average Bonchev–Trinajstić information content (AvgIpc) is 2.42. The number of rotatable bonds is 3. The summed E-state index contributed by atoms with van der Waals surface area (Å²) >= 11 is 0. The van der Waals surface area contributed by atoms with Crippen LogP contribution in [0.25, 0.3) is 0 Å². The Balaban J connectivity index is 0.00000180. The summed E-state index contributed by atoms with van der Waals surface area (Å²) in [4.78, 5) is 16.5. The minimum Gasteiger partial charge on any atom is -0.309 e. The highest BCUT2D eigenvalue weighted by molar-refractivity contribution is 5.93. The number of likely N-dealkylation sites (tertiary alicyclic amines) is 1. The molecule has 0 bridgehead atoms. The van der Waals surface area contributed by atoms with Gasteiger partial charge in [0, 0.05) is 18.2 Å². The fourth-order valence-electron chi connectivity index (χ4n) is 2.57. The van der Waals surface area contributed by atoms with Crippen molar-refractivity contribution in [3.63, 3.8) is 0 Å². The molecule has 1 amide bonds. The first kappa shape index (κ1) is 16.0. The minimum atomic E-state index is 0. The first-order valence-corrected chi connectivity index (χ1v) is 6.78. The Morgan fingerprint density at radius 1 is 1.26 bits per heavy atom. The van der Waals surface area contributed by atoms with Crippen LogP contribution in [0.4, 0.5) is 5.69 Å². The number of anilines is 1. The van der Waals surface area contributed by atoms with Gasteiger partial charge < -0.3 is 9.80 Å². The molecule has 1 heterocycles. The van der Waals surface area contributed by atoms with E-state index in [-0.39, 0.29) is 18.3 Å². The molecule has 0 N–H and O–H groups in total. The summed E-state index contributed by atoms with van der Waals surface area (Å²) in [6.45, 7) is 4.09. The van der Waals surface area contributed by atoms with Crippen LogP contribution in [0.3, 0.4) is 0 Å². The van der Waals surface area contributed by atoms with E-state index < -0.39 is 0 Å². The Hall–Kier alpha value is -1.06. The molecule has 1 aromatic carbocycles. The van der Waals surface area contributed by atoms with E-state index in [9.17, 15) is 4.79 Å². The molecule has 0 unspecified atom stereocenters. The topological polar surface area (TPSA) is 23.6 Å². The number of nitrogens with zero attached hydrogens (tertiary/aromatic N) is 2. The Labute approximate surface area is 122 Å². The maximum absolute atomic E-state index is 12.2. The van der Waals surface area contributed by atoms with Gasteiger partial charge in [-0.3, -0.25) is 4.79 Å². The summed E-state index contributed by atoms with van der Waals surface area (Å²) in [5, 5.41) is 0. The van der Waals surface area contributed by atoms with E-state index in [1.54, 1.807) is 0 Å². The van der Waals surface area contributed by atoms with Crippen molar-refractivity contribution < 1.29 is 4.79 Å². The van der Waals surface area contributed by atoms with Crippen LogP contribution in [0.2, 0.25) is 0 Å². The van der Waals surface area contributed by atoms with Crippen molar-refractivity contribution in [1.82, 2.24) is 4.90 Å². The molecule has 1 aromatic rings. The number of carbonyl (C=O) groups excluding carboxylic acids is 1. The Bertz CT molecular complexity index is 388. The summed E-state index contributed by atoms with van der Waals surface area (Å²) in [6, 6.07) is 10.4. The third kappa shape index (κ3) is 3.95. The third-order valence-electron chi connectivity index (χ3n) is 3.66. The average molecular weight is 283 g/mol. The quantitative estimate of drug-likeness (QED) is 0.851. The number of hydrogen-bond donors (Lipinski definition) is 0. The highest BCUT2D eigenvalue weighted by Gasteiger charge is 2.26. The number of amides is 1. The second-order valence-corrected chi connectivity index (χ2v) is 4.99. The first-order chi connectivity index (χ1) is 8.72. The van der Waals surface area contributed by atoms with Crippen molar-refractivity contribution in [2.45, 2.75) is 32.2 Å². The van der Waals surface area contributed by atoms with Gasteiger partial charge in [0.2, 0.25) is 5.91 Å². The van der Waals surface area contributed by atoms with Gasteiger partial charge >= 0.3 is 0 Å². The molecular weight excluding hydrogens is 260 g/mol. The van der Waals surface area contributed by atoms with Gasteiger partial charge in [0.1, 0.15) is 0 Å².